The van der Waals surface area contributed by atoms with Crippen LogP contribution in [0.3, 0.4) is 0 Å². The molecule has 0 aliphatic rings. The molecule has 120 valence electrons. The molecule has 0 aliphatic carbocycles. The van der Waals surface area contributed by atoms with Crippen LogP contribution in [0.2, 0.25) is 0 Å². The number of amides is 2. The van der Waals surface area contributed by atoms with E-state index >= 15 is 0 Å². The van der Waals surface area contributed by atoms with E-state index < -0.39 is 24.0 Å². The van der Waals surface area contributed by atoms with Gasteiger partial charge in [0, 0.05) is 11.3 Å². The number of nitrogens with two attached hydrogens (primary N) is 1. The second-order valence-corrected chi connectivity index (χ2v) is 4.80. The lowest BCUT2D eigenvalue weighted by atomic mass is 10.1. The number of rotatable bonds is 6. The maximum absolute atomic E-state index is 12.0. The highest BCUT2D eigenvalue weighted by Gasteiger charge is 2.17. The van der Waals surface area contributed by atoms with Crippen molar-refractivity contribution in [2.75, 3.05) is 11.9 Å². The Labute approximate surface area is 129 Å². The first-order valence-corrected chi connectivity index (χ1v) is 6.99. The largest absolute Gasteiger partial charge is 0.464 e. The summed E-state index contributed by atoms with van der Waals surface area (Å²) in [6, 6.07) is 4.92. The monoisotopic (exact) mass is 307 g/mol. The number of ether oxygens (including phenoxy) is 1. The van der Waals surface area contributed by atoms with Crippen molar-refractivity contribution in [3.05, 3.63) is 29.8 Å². The van der Waals surface area contributed by atoms with Crippen LogP contribution in [0.1, 0.15) is 31.1 Å². The molecule has 2 unspecified atom stereocenters. The van der Waals surface area contributed by atoms with E-state index in [-0.39, 0.29) is 12.5 Å². The maximum Gasteiger partial charge on any atom is 0.328 e. The number of anilines is 1. The predicted octanol–water partition coefficient (Wildman–Crippen LogP) is 0.654. The van der Waals surface area contributed by atoms with Gasteiger partial charge in [-0.05, 0) is 45.0 Å². The molecule has 0 spiro atoms. The van der Waals surface area contributed by atoms with Gasteiger partial charge in [-0.15, -0.1) is 0 Å². The van der Waals surface area contributed by atoms with Gasteiger partial charge in [-0.25, -0.2) is 4.79 Å². The molecular formula is C15H21N3O4. The number of nitrogens with one attached hydrogen (secondary N) is 2. The lowest BCUT2D eigenvalue weighted by Crippen LogP contribution is -2.39. The third-order valence-electron chi connectivity index (χ3n) is 2.82. The number of hydrogen-bond acceptors (Lipinski definition) is 5. The first-order chi connectivity index (χ1) is 10.3. The zero-order valence-electron chi connectivity index (χ0n) is 12.9. The number of carbonyl (C=O) groups is 3. The molecule has 1 aromatic carbocycles. The van der Waals surface area contributed by atoms with Gasteiger partial charge in [0.2, 0.25) is 5.91 Å². The van der Waals surface area contributed by atoms with Gasteiger partial charge >= 0.3 is 5.97 Å². The van der Waals surface area contributed by atoms with Gasteiger partial charge in [0.1, 0.15) is 6.04 Å². The first-order valence-electron chi connectivity index (χ1n) is 6.99. The third kappa shape index (κ3) is 5.17. The molecule has 0 heterocycles. The van der Waals surface area contributed by atoms with E-state index in [2.05, 4.69) is 10.6 Å². The topological polar surface area (TPSA) is 111 Å². The first kappa shape index (κ1) is 17.6. The van der Waals surface area contributed by atoms with Crippen molar-refractivity contribution >= 4 is 23.5 Å². The Hall–Kier alpha value is -2.41. The van der Waals surface area contributed by atoms with Crippen molar-refractivity contribution in [3.8, 4) is 0 Å². The summed E-state index contributed by atoms with van der Waals surface area (Å²) >= 11 is 0. The fraction of sp³-hybridized carbons (Fsp3) is 0.400. The van der Waals surface area contributed by atoms with Crippen LogP contribution in [0.4, 0.5) is 5.69 Å². The molecule has 0 saturated heterocycles. The van der Waals surface area contributed by atoms with E-state index in [1.165, 1.54) is 0 Å². The van der Waals surface area contributed by atoms with Crippen molar-refractivity contribution < 1.29 is 19.1 Å². The zero-order chi connectivity index (χ0) is 16.7. The molecule has 0 bridgehead atoms. The number of esters is 1. The standard InChI is InChI=1S/C15H21N3O4/c1-4-22-15(21)10(3)17-14(20)11-5-7-12(8-6-11)18-13(19)9(2)16/h5-10H,4,16H2,1-3H3,(H,17,20)(H,18,19). The summed E-state index contributed by atoms with van der Waals surface area (Å²) in [5.41, 5.74) is 6.36. The molecule has 4 N–H and O–H groups in total. The second kappa shape index (κ2) is 8.14. The SMILES string of the molecule is CCOC(=O)C(C)NC(=O)c1ccc(NC(=O)C(C)N)cc1. The van der Waals surface area contributed by atoms with E-state index in [9.17, 15) is 14.4 Å². The summed E-state index contributed by atoms with van der Waals surface area (Å²) in [6.45, 7) is 5.08. The van der Waals surface area contributed by atoms with Crippen LogP contribution in [0.5, 0.6) is 0 Å². The zero-order valence-corrected chi connectivity index (χ0v) is 12.9. The molecule has 0 fully saturated rings. The molecule has 0 aliphatic heterocycles. The minimum absolute atomic E-state index is 0.257. The molecule has 0 aromatic heterocycles. The van der Waals surface area contributed by atoms with Gasteiger partial charge in [-0.2, -0.15) is 0 Å². The molecule has 2 amide bonds. The second-order valence-electron chi connectivity index (χ2n) is 4.80. The van der Waals surface area contributed by atoms with Crippen LogP contribution in [-0.4, -0.2) is 36.5 Å². The van der Waals surface area contributed by atoms with E-state index in [0.29, 0.717) is 11.3 Å². The fourth-order valence-electron chi connectivity index (χ4n) is 1.57. The molecule has 1 aromatic rings. The van der Waals surface area contributed by atoms with Crippen LogP contribution in [0, 0.1) is 0 Å². The van der Waals surface area contributed by atoms with E-state index in [1.807, 2.05) is 0 Å². The summed E-state index contributed by atoms with van der Waals surface area (Å²) in [5.74, 6) is -1.20. The van der Waals surface area contributed by atoms with E-state index in [1.54, 1.807) is 45.0 Å². The predicted molar refractivity (Wildman–Crippen MR) is 82.3 cm³/mol. The minimum Gasteiger partial charge on any atom is -0.464 e. The Bertz CT molecular complexity index is 540. The van der Waals surface area contributed by atoms with Gasteiger partial charge in [-0.3, -0.25) is 9.59 Å². The summed E-state index contributed by atoms with van der Waals surface area (Å²) in [6.07, 6.45) is 0. The molecule has 22 heavy (non-hydrogen) atoms. The van der Waals surface area contributed by atoms with Crippen molar-refractivity contribution in [2.45, 2.75) is 32.9 Å². The summed E-state index contributed by atoms with van der Waals surface area (Å²) < 4.78 is 4.81. The Morgan fingerprint density at radius 2 is 1.77 bits per heavy atom. The van der Waals surface area contributed by atoms with Gasteiger partial charge in [0.25, 0.3) is 5.91 Å². The van der Waals surface area contributed by atoms with Crippen molar-refractivity contribution in [2.24, 2.45) is 5.73 Å². The fourth-order valence-corrected chi connectivity index (χ4v) is 1.57. The van der Waals surface area contributed by atoms with Crippen molar-refractivity contribution in [1.29, 1.82) is 0 Å². The summed E-state index contributed by atoms with van der Waals surface area (Å²) in [4.78, 5) is 34.9. The minimum atomic E-state index is -0.732. The maximum atomic E-state index is 12.0. The number of benzene rings is 1. The van der Waals surface area contributed by atoms with Crippen LogP contribution < -0.4 is 16.4 Å². The average molecular weight is 307 g/mol. The van der Waals surface area contributed by atoms with Gasteiger partial charge in [0.05, 0.1) is 12.6 Å². The van der Waals surface area contributed by atoms with Crippen LogP contribution in [0.25, 0.3) is 0 Å². The average Bonchev–Trinajstić information content (AvgIpc) is 2.47. The number of carbonyl (C=O) groups excluding carboxylic acids is 3. The van der Waals surface area contributed by atoms with Gasteiger partial charge < -0.3 is 21.1 Å². The van der Waals surface area contributed by atoms with Crippen LogP contribution in [-0.2, 0) is 14.3 Å². The van der Waals surface area contributed by atoms with Gasteiger partial charge in [0.15, 0.2) is 0 Å². The molecule has 0 radical (unpaired) electrons. The van der Waals surface area contributed by atoms with Gasteiger partial charge in [-0.1, -0.05) is 0 Å². The molecular weight excluding hydrogens is 286 g/mol. The summed E-state index contributed by atoms with van der Waals surface area (Å²) in [5, 5.41) is 5.15. The molecule has 0 saturated carbocycles. The van der Waals surface area contributed by atoms with Crippen molar-refractivity contribution in [1.82, 2.24) is 5.32 Å². The molecule has 7 heteroatoms. The van der Waals surface area contributed by atoms with Crippen molar-refractivity contribution in [3.63, 3.8) is 0 Å². The lowest BCUT2D eigenvalue weighted by Gasteiger charge is -2.13. The highest BCUT2D eigenvalue weighted by molar-refractivity contribution is 5.98. The summed E-state index contributed by atoms with van der Waals surface area (Å²) in [7, 11) is 0. The molecule has 1 rings (SSSR count). The highest BCUT2D eigenvalue weighted by atomic mass is 16.5. The smallest absolute Gasteiger partial charge is 0.328 e. The Kier molecular flexibility index (Phi) is 6.52. The quantitative estimate of drug-likeness (QED) is 0.668. The normalized spacial score (nSPS) is 12.9. The van der Waals surface area contributed by atoms with Crippen LogP contribution in [0.15, 0.2) is 24.3 Å². The molecule has 7 nitrogen and oxygen atoms in total. The Morgan fingerprint density at radius 1 is 1.18 bits per heavy atom. The Morgan fingerprint density at radius 3 is 2.27 bits per heavy atom. The van der Waals surface area contributed by atoms with Crippen LogP contribution >= 0.6 is 0 Å². The molecule has 2 atom stereocenters. The number of hydrogen-bond donors (Lipinski definition) is 3. The lowest BCUT2D eigenvalue weighted by molar-refractivity contribution is -0.144. The Balaban J connectivity index is 2.64. The highest BCUT2D eigenvalue weighted by Crippen LogP contribution is 2.10. The third-order valence-corrected chi connectivity index (χ3v) is 2.82. The van der Waals surface area contributed by atoms with E-state index in [0.717, 1.165) is 0 Å². The van der Waals surface area contributed by atoms with E-state index in [4.69, 9.17) is 10.5 Å².